The molecule has 0 aromatic heterocycles. The van der Waals surface area contributed by atoms with Crippen LogP contribution in [0.4, 0.5) is 5.69 Å². The van der Waals surface area contributed by atoms with Gasteiger partial charge in [-0.25, -0.2) is 0 Å². The van der Waals surface area contributed by atoms with E-state index < -0.39 is 10.1 Å². The molecule has 0 atom stereocenters. The van der Waals surface area contributed by atoms with Gasteiger partial charge in [-0.05, 0) is 85.1 Å². The van der Waals surface area contributed by atoms with E-state index in [1.54, 1.807) is 18.3 Å². The number of nitrogens with zero attached hydrogens (tertiary/aromatic N) is 1. The molecule has 0 saturated heterocycles. The van der Waals surface area contributed by atoms with Crippen LogP contribution in [0.3, 0.4) is 0 Å². The molecule has 0 amide bonds. The third-order valence-corrected chi connectivity index (χ3v) is 5.91. The molecule has 0 unspecified atom stereocenters. The van der Waals surface area contributed by atoms with Crippen LogP contribution in [-0.4, -0.2) is 14.6 Å². The summed E-state index contributed by atoms with van der Waals surface area (Å²) in [5.74, 6) is 0.0416. The van der Waals surface area contributed by atoms with E-state index in [9.17, 15) is 8.42 Å². The van der Waals surface area contributed by atoms with Crippen molar-refractivity contribution in [1.82, 2.24) is 0 Å². The summed E-state index contributed by atoms with van der Waals surface area (Å²) in [6.07, 6.45) is 1.66. The molecule has 0 N–H and O–H groups in total. The van der Waals surface area contributed by atoms with Crippen LogP contribution in [0, 0.1) is 13.8 Å². The Hall–Kier alpha value is -2.34. The summed E-state index contributed by atoms with van der Waals surface area (Å²) in [5.41, 5.74) is 3.90. The lowest BCUT2D eigenvalue weighted by molar-refractivity contribution is 0.486. The van der Waals surface area contributed by atoms with Gasteiger partial charge in [0, 0.05) is 11.2 Å². The van der Waals surface area contributed by atoms with E-state index in [-0.39, 0.29) is 15.7 Å². The number of rotatable bonds is 5. The standard InChI is InChI=1S/C21H17Cl2NO3S/c1-14-3-7-18(11-15(14)2)24-13-16-4-10-21(20(23)12-16)27-28(25,26)19-8-5-17(22)6-9-19/h3-13H,1-2H3. The van der Waals surface area contributed by atoms with Crippen molar-refractivity contribution in [3.05, 3.63) is 87.4 Å². The molecule has 0 aliphatic heterocycles. The summed E-state index contributed by atoms with van der Waals surface area (Å²) < 4.78 is 29.9. The number of benzene rings is 3. The molecule has 3 aromatic carbocycles. The van der Waals surface area contributed by atoms with Crippen LogP contribution in [0.25, 0.3) is 0 Å². The molecule has 0 saturated carbocycles. The first-order chi connectivity index (χ1) is 13.2. The molecular formula is C21H17Cl2NO3S. The van der Waals surface area contributed by atoms with Gasteiger partial charge >= 0.3 is 10.1 Å². The van der Waals surface area contributed by atoms with Crippen LogP contribution >= 0.6 is 23.2 Å². The van der Waals surface area contributed by atoms with Gasteiger partial charge in [-0.3, -0.25) is 4.99 Å². The molecule has 3 aromatic rings. The SMILES string of the molecule is Cc1ccc(N=Cc2ccc(OS(=O)(=O)c3ccc(Cl)cc3)c(Cl)c2)cc1C. The van der Waals surface area contributed by atoms with E-state index in [1.165, 1.54) is 35.9 Å². The minimum Gasteiger partial charge on any atom is -0.377 e. The summed E-state index contributed by atoms with van der Waals surface area (Å²) in [5, 5.41) is 0.603. The third-order valence-electron chi connectivity index (χ3n) is 4.11. The van der Waals surface area contributed by atoms with Crippen molar-refractivity contribution in [2.45, 2.75) is 18.7 Å². The maximum Gasteiger partial charge on any atom is 0.339 e. The van der Waals surface area contributed by atoms with Crippen LogP contribution in [0.5, 0.6) is 5.75 Å². The first-order valence-corrected chi connectivity index (χ1v) is 10.5. The zero-order chi connectivity index (χ0) is 20.3. The van der Waals surface area contributed by atoms with Crippen molar-refractivity contribution in [2.24, 2.45) is 4.99 Å². The fraction of sp³-hybridized carbons (Fsp3) is 0.0952. The summed E-state index contributed by atoms with van der Waals surface area (Å²) in [4.78, 5) is 4.42. The number of hydrogen-bond acceptors (Lipinski definition) is 4. The highest BCUT2D eigenvalue weighted by Gasteiger charge is 2.18. The van der Waals surface area contributed by atoms with Crippen LogP contribution in [0.15, 0.2) is 70.6 Å². The summed E-state index contributed by atoms with van der Waals surface area (Å²) in [6.45, 7) is 4.07. The Bertz CT molecular complexity index is 1140. The fourth-order valence-corrected chi connectivity index (χ4v) is 3.73. The largest absolute Gasteiger partial charge is 0.377 e. The minimum absolute atomic E-state index is 0.00616. The van der Waals surface area contributed by atoms with Crippen LogP contribution < -0.4 is 4.18 Å². The predicted octanol–water partition coefficient (Wildman–Crippen LogP) is 6.13. The molecule has 0 bridgehead atoms. The molecular weight excluding hydrogens is 417 g/mol. The second kappa shape index (κ2) is 8.35. The monoisotopic (exact) mass is 433 g/mol. The Morgan fingerprint density at radius 1 is 0.893 bits per heavy atom. The molecule has 0 radical (unpaired) electrons. The lowest BCUT2D eigenvalue weighted by atomic mass is 10.1. The van der Waals surface area contributed by atoms with Crippen LogP contribution in [0.2, 0.25) is 10.0 Å². The highest BCUT2D eigenvalue weighted by molar-refractivity contribution is 7.87. The third kappa shape index (κ3) is 4.93. The summed E-state index contributed by atoms with van der Waals surface area (Å²) in [7, 11) is -4.01. The Balaban J connectivity index is 1.79. The molecule has 28 heavy (non-hydrogen) atoms. The first-order valence-electron chi connectivity index (χ1n) is 8.35. The van der Waals surface area contributed by atoms with Crippen molar-refractivity contribution in [3.63, 3.8) is 0 Å². The maximum absolute atomic E-state index is 12.4. The second-order valence-corrected chi connectivity index (χ2v) is 8.60. The van der Waals surface area contributed by atoms with Crippen molar-refractivity contribution in [3.8, 4) is 5.75 Å². The van der Waals surface area contributed by atoms with E-state index in [1.807, 2.05) is 32.0 Å². The minimum atomic E-state index is -4.01. The number of halogens is 2. The van der Waals surface area contributed by atoms with Gasteiger partial charge < -0.3 is 4.18 Å². The van der Waals surface area contributed by atoms with Gasteiger partial charge in [0.15, 0.2) is 5.75 Å². The predicted molar refractivity (Wildman–Crippen MR) is 114 cm³/mol. The highest BCUT2D eigenvalue weighted by Crippen LogP contribution is 2.29. The van der Waals surface area contributed by atoms with E-state index in [0.29, 0.717) is 5.02 Å². The summed E-state index contributed by atoms with van der Waals surface area (Å²) >= 11 is 12.0. The smallest absolute Gasteiger partial charge is 0.339 e. The van der Waals surface area contributed by atoms with Gasteiger partial charge in [0.05, 0.1) is 10.7 Å². The molecule has 0 aliphatic rings. The van der Waals surface area contributed by atoms with E-state index >= 15 is 0 Å². The maximum atomic E-state index is 12.4. The zero-order valence-corrected chi connectivity index (χ0v) is 17.5. The lowest BCUT2D eigenvalue weighted by Gasteiger charge is -2.09. The van der Waals surface area contributed by atoms with Crippen LogP contribution in [0.1, 0.15) is 16.7 Å². The normalized spacial score (nSPS) is 11.7. The van der Waals surface area contributed by atoms with Gasteiger partial charge in [0.2, 0.25) is 0 Å². The van der Waals surface area contributed by atoms with E-state index in [2.05, 4.69) is 4.99 Å². The Morgan fingerprint density at radius 2 is 1.61 bits per heavy atom. The van der Waals surface area contributed by atoms with Gasteiger partial charge in [0.25, 0.3) is 0 Å². The quantitative estimate of drug-likeness (QED) is 0.359. The fourth-order valence-electron chi connectivity index (χ4n) is 2.39. The summed E-state index contributed by atoms with van der Waals surface area (Å²) in [6, 6.07) is 16.4. The highest BCUT2D eigenvalue weighted by atomic mass is 35.5. The Labute approximate surface area is 174 Å². The molecule has 3 rings (SSSR count). The molecule has 7 heteroatoms. The molecule has 0 aliphatic carbocycles. The van der Waals surface area contributed by atoms with Gasteiger partial charge in [-0.15, -0.1) is 0 Å². The topological polar surface area (TPSA) is 55.7 Å². The number of hydrogen-bond donors (Lipinski definition) is 0. The van der Waals surface area contributed by atoms with E-state index in [4.69, 9.17) is 27.4 Å². The number of aliphatic imine (C=N–C) groups is 1. The first kappa shape index (κ1) is 20.4. The molecule has 0 fully saturated rings. The average molecular weight is 434 g/mol. The van der Waals surface area contributed by atoms with Crippen LogP contribution in [-0.2, 0) is 10.1 Å². The lowest BCUT2D eigenvalue weighted by Crippen LogP contribution is -2.10. The van der Waals surface area contributed by atoms with Gasteiger partial charge in [-0.1, -0.05) is 29.3 Å². The molecule has 4 nitrogen and oxygen atoms in total. The Morgan fingerprint density at radius 3 is 2.25 bits per heavy atom. The number of aryl methyl sites for hydroxylation is 2. The van der Waals surface area contributed by atoms with Crippen molar-refractivity contribution in [2.75, 3.05) is 0 Å². The van der Waals surface area contributed by atoms with E-state index in [0.717, 1.165) is 16.8 Å². The zero-order valence-electron chi connectivity index (χ0n) is 15.2. The van der Waals surface area contributed by atoms with Crippen molar-refractivity contribution in [1.29, 1.82) is 0 Å². The van der Waals surface area contributed by atoms with Gasteiger partial charge in [-0.2, -0.15) is 8.42 Å². The molecule has 144 valence electrons. The molecule has 0 heterocycles. The van der Waals surface area contributed by atoms with Crippen molar-refractivity contribution >= 4 is 45.2 Å². The average Bonchev–Trinajstić information content (AvgIpc) is 2.65. The Kier molecular flexibility index (Phi) is 6.08. The van der Waals surface area contributed by atoms with Crippen molar-refractivity contribution < 1.29 is 12.6 Å². The van der Waals surface area contributed by atoms with Gasteiger partial charge in [0.1, 0.15) is 4.90 Å². The molecule has 0 spiro atoms. The second-order valence-electron chi connectivity index (χ2n) is 6.21.